The number of amides is 2. The van der Waals surface area contributed by atoms with Gasteiger partial charge in [0.25, 0.3) is 0 Å². The summed E-state index contributed by atoms with van der Waals surface area (Å²) in [4.78, 5) is 36.0. The summed E-state index contributed by atoms with van der Waals surface area (Å²) >= 11 is 0. The molecule has 3 aromatic heterocycles. The van der Waals surface area contributed by atoms with Crippen LogP contribution in [0.25, 0.3) is 5.52 Å². The molecule has 0 spiro atoms. The number of para-hydroxylation sites is 2. The van der Waals surface area contributed by atoms with Crippen LogP contribution in [-0.2, 0) is 6.54 Å². The van der Waals surface area contributed by atoms with E-state index in [0.29, 0.717) is 34.7 Å². The molecule has 174 valence electrons. The highest BCUT2D eigenvalue weighted by Crippen LogP contribution is 2.25. The molecule has 0 aliphatic carbocycles. The molecule has 0 atom stereocenters. The van der Waals surface area contributed by atoms with E-state index in [1.54, 1.807) is 40.9 Å². The number of hydrogen-bond acceptors (Lipinski definition) is 8. The smallest absolute Gasteiger partial charge is 0.323 e. The summed E-state index contributed by atoms with van der Waals surface area (Å²) in [6.07, 6.45) is 4.23. The van der Waals surface area contributed by atoms with E-state index in [-0.39, 0.29) is 17.2 Å². The number of ketones is 1. The Morgan fingerprint density at radius 1 is 1.15 bits per heavy atom. The number of urea groups is 1. The lowest BCUT2D eigenvalue weighted by atomic mass is 10.1. The maximum Gasteiger partial charge on any atom is 0.323 e. The first-order chi connectivity index (χ1) is 16.4. The number of fused-ring (bicyclic) bond motifs is 1. The molecule has 34 heavy (non-hydrogen) atoms. The Morgan fingerprint density at radius 2 is 1.94 bits per heavy atom. The summed E-state index contributed by atoms with van der Waals surface area (Å²) in [7, 11) is 5.35. The molecular weight excluding hydrogens is 436 g/mol. The van der Waals surface area contributed by atoms with Gasteiger partial charge in [0.1, 0.15) is 17.6 Å². The molecule has 11 nitrogen and oxygen atoms in total. The standard InChI is InChI=1S/C23H24N8O3/c1-30(2)12-16-9-17(20-22(24)26-13-27-31(16)20)21(32)14-8-15(11-25-10-14)28-23(33)29-18-6-4-5-7-19(18)34-3/h4-11,13H,12H2,1-3H3,(H2,24,26,27)(H2,28,29,33). The van der Waals surface area contributed by atoms with Gasteiger partial charge in [-0.15, -0.1) is 0 Å². The molecule has 2 amide bonds. The maximum atomic E-state index is 13.4. The van der Waals surface area contributed by atoms with Crippen molar-refractivity contribution in [3.63, 3.8) is 0 Å². The largest absolute Gasteiger partial charge is 0.495 e. The molecule has 0 saturated heterocycles. The fraction of sp³-hybridized carbons (Fsp3) is 0.174. The third-order valence-corrected chi connectivity index (χ3v) is 4.99. The van der Waals surface area contributed by atoms with Crippen molar-refractivity contribution in [2.75, 3.05) is 37.6 Å². The first-order valence-corrected chi connectivity index (χ1v) is 10.3. The van der Waals surface area contributed by atoms with Crippen LogP contribution in [0.2, 0.25) is 0 Å². The maximum absolute atomic E-state index is 13.4. The van der Waals surface area contributed by atoms with Crippen LogP contribution in [0.15, 0.2) is 55.1 Å². The summed E-state index contributed by atoms with van der Waals surface area (Å²) in [6.45, 7) is 0.549. The third kappa shape index (κ3) is 4.64. The molecule has 0 aliphatic heterocycles. The van der Waals surface area contributed by atoms with E-state index in [9.17, 15) is 9.59 Å². The average Bonchev–Trinajstić information content (AvgIpc) is 3.18. The zero-order chi connectivity index (χ0) is 24.2. The van der Waals surface area contributed by atoms with Gasteiger partial charge in [-0.05, 0) is 38.4 Å². The molecule has 0 saturated carbocycles. The van der Waals surface area contributed by atoms with Gasteiger partial charge in [-0.2, -0.15) is 5.10 Å². The van der Waals surface area contributed by atoms with Crippen molar-refractivity contribution in [3.05, 3.63) is 71.9 Å². The predicted molar refractivity (Wildman–Crippen MR) is 128 cm³/mol. The minimum atomic E-state index is -0.504. The highest BCUT2D eigenvalue weighted by atomic mass is 16.5. The number of anilines is 3. The fourth-order valence-corrected chi connectivity index (χ4v) is 3.56. The minimum absolute atomic E-state index is 0.196. The van der Waals surface area contributed by atoms with Gasteiger partial charge >= 0.3 is 6.03 Å². The molecule has 0 radical (unpaired) electrons. The summed E-state index contributed by atoms with van der Waals surface area (Å²) in [5.74, 6) is 0.403. The zero-order valence-corrected chi connectivity index (χ0v) is 18.9. The fourth-order valence-electron chi connectivity index (χ4n) is 3.56. The predicted octanol–water partition coefficient (Wildman–Crippen LogP) is 2.65. The van der Waals surface area contributed by atoms with E-state index in [0.717, 1.165) is 5.69 Å². The number of nitrogen functional groups attached to an aromatic ring is 1. The molecular formula is C23H24N8O3. The summed E-state index contributed by atoms with van der Waals surface area (Å²) in [6, 6.07) is 9.82. The second-order valence-corrected chi connectivity index (χ2v) is 7.76. The molecule has 1 aromatic carbocycles. The van der Waals surface area contributed by atoms with E-state index in [1.165, 1.54) is 25.8 Å². The number of benzene rings is 1. The van der Waals surface area contributed by atoms with Gasteiger partial charge < -0.3 is 26.0 Å². The van der Waals surface area contributed by atoms with Crippen molar-refractivity contribution in [1.82, 2.24) is 24.5 Å². The highest BCUT2D eigenvalue weighted by molar-refractivity contribution is 6.15. The third-order valence-electron chi connectivity index (χ3n) is 4.99. The number of ether oxygens (including phenoxy) is 1. The van der Waals surface area contributed by atoms with E-state index in [2.05, 4.69) is 25.7 Å². The van der Waals surface area contributed by atoms with Crippen LogP contribution in [0.1, 0.15) is 21.6 Å². The second kappa shape index (κ2) is 9.55. The Kier molecular flexibility index (Phi) is 6.37. The molecule has 0 fully saturated rings. The van der Waals surface area contributed by atoms with Crippen molar-refractivity contribution in [3.8, 4) is 5.75 Å². The van der Waals surface area contributed by atoms with Gasteiger partial charge in [-0.1, -0.05) is 12.1 Å². The number of carbonyl (C=O) groups is 2. The van der Waals surface area contributed by atoms with Crippen molar-refractivity contribution in [2.24, 2.45) is 0 Å². The Labute approximate surface area is 195 Å². The molecule has 0 unspecified atom stereocenters. The lowest BCUT2D eigenvalue weighted by Gasteiger charge is -2.11. The van der Waals surface area contributed by atoms with Crippen molar-refractivity contribution < 1.29 is 14.3 Å². The van der Waals surface area contributed by atoms with E-state index in [4.69, 9.17) is 10.5 Å². The Balaban J connectivity index is 1.60. The van der Waals surface area contributed by atoms with Gasteiger partial charge in [0.2, 0.25) is 0 Å². The first-order valence-electron chi connectivity index (χ1n) is 10.3. The molecule has 0 bridgehead atoms. The molecule has 4 N–H and O–H groups in total. The molecule has 0 aliphatic rings. The zero-order valence-electron chi connectivity index (χ0n) is 18.9. The number of nitrogens with zero attached hydrogens (tertiary/aromatic N) is 5. The van der Waals surface area contributed by atoms with Gasteiger partial charge in [-0.25, -0.2) is 14.3 Å². The van der Waals surface area contributed by atoms with Gasteiger partial charge in [-0.3, -0.25) is 9.78 Å². The number of aromatic nitrogens is 4. The number of carbonyl (C=O) groups excluding carboxylic acids is 2. The van der Waals surface area contributed by atoms with Crippen molar-refractivity contribution in [1.29, 1.82) is 0 Å². The Bertz CT molecular complexity index is 1370. The molecule has 4 rings (SSSR count). The Hall–Kier alpha value is -4.51. The van der Waals surface area contributed by atoms with E-state index < -0.39 is 6.03 Å². The van der Waals surface area contributed by atoms with Gasteiger partial charge in [0, 0.05) is 18.3 Å². The van der Waals surface area contributed by atoms with Crippen LogP contribution in [-0.4, -0.2) is 57.5 Å². The number of nitrogens with one attached hydrogen (secondary N) is 2. The van der Waals surface area contributed by atoms with Gasteiger partial charge in [0.15, 0.2) is 11.6 Å². The number of rotatable bonds is 7. The average molecular weight is 460 g/mol. The van der Waals surface area contributed by atoms with Crippen LogP contribution in [0.3, 0.4) is 0 Å². The van der Waals surface area contributed by atoms with E-state index >= 15 is 0 Å². The molecule has 11 heteroatoms. The second-order valence-electron chi connectivity index (χ2n) is 7.76. The van der Waals surface area contributed by atoms with Crippen LogP contribution >= 0.6 is 0 Å². The number of nitrogens with two attached hydrogens (primary N) is 1. The first kappa shape index (κ1) is 22.7. The Morgan fingerprint density at radius 3 is 2.71 bits per heavy atom. The van der Waals surface area contributed by atoms with Crippen molar-refractivity contribution in [2.45, 2.75) is 6.54 Å². The highest BCUT2D eigenvalue weighted by Gasteiger charge is 2.21. The van der Waals surface area contributed by atoms with Crippen molar-refractivity contribution >= 4 is 34.5 Å². The summed E-state index contributed by atoms with van der Waals surface area (Å²) < 4.78 is 6.86. The van der Waals surface area contributed by atoms with Crippen LogP contribution in [0.5, 0.6) is 5.75 Å². The normalized spacial score (nSPS) is 10.9. The van der Waals surface area contributed by atoms with E-state index in [1.807, 2.05) is 19.0 Å². The monoisotopic (exact) mass is 460 g/mol. The topological polar surface area (TPSA) is 140 Å². The van der Waals surface area contributed by atoms with Crippen LogP contribution in [0.4, 0.5) is 22.0 Å². The quantitative estimate of drug-likeness (QED) is 0.358. The molecule has 4 aromatic rings. The lowest BCUT2D eigenvalue weighted by molar-refractivity contribution is 0.104. The van der Waals surface area contributed by atoms with Gasteiger partial charge in [0.05, 0.1) is 35.9 Å². The van der Waals surface area contributed by atoms with Crippen LogP contribution in [0, 0.1) is 0 Å². The number of methoxy groups -OCH3 is 1. The summed E-state index contributed by atoms with van der Waals surface area (Å²) in [5, 5.41) is 9.66. The number of hydrogen-bond donors (Lipinski definition) is 3. The number of pyridine rings is 1. The SMILES string of the molecule is COc1ccccc1NC(=O)Nc1cncc(C(=O)c2cc(CN(C)C)n3ncnc(N)c23)c1. The minimum Gasteiger partial charge on any atom is -0.495 e. The molecule has 3 heterocycles. The lowest BCUT2D eigenvalue weighted by Crippen LogP contribution is -2.20. The summed E-state index contributed by atoms with van der Waals surface area (Å²) in [5.41, 5.74) is 8.78. The van der Waals surface area contributed by atoms with Crippen LogP contribution < -0.4 is 21.1 Å².